The number of benzene rings is 1. The van der Waals surface area contributed by atoms with Gasteiger partial charge in [-0.05, 0) is 12.1 Å². The predicted octanol–water partition coefficient (Wildman–Crippen LogP) is 3.72. The van der Waals surface area contributed by atoms with Crippen molar-refractivity contribution in [1.82, 2.24) is 5.43 Å². The van der Waals surface area contributed by atoms with Crippen molar-refractivity contribution in [2.45, 2.75) is 0 Å². The fourth-order valence-electron chi connectivity index (χ4n) is 0.705. The van der Waals surface area contributed by atoms with Crippen LogP contribution in [0.5, 0.6) is 0 Å². The molecule has 0 saturated carbocycles. The van der Waals surface area contributed by atoms with Crippen molar-refractivity contribution in [3.05, 3.63) is 27.2 Å². The Morgan fingerprint density at radius 3 is 2.29 bits per heavy atom. The molecule has 14 heavy (non-hydrogen) atoms. The minimum Gasteiger partial charge on any atom is -0.194 e. The first-order valence-corrected chi connectivity index (χ1v) is 4.48. The van der Waals surface area contributed by atoms with Crippen LogP contribution in [0.1, 0.15) is 0 Å². The van der Waals surface area contributed by atoms with E-state index in [0.29, 0.717) is 5.69 Å². The van der Waals surface area contributed by atoms with Gasteiger partial charge in [0.25, 0.3) is 0 Å². The summed E-state index contributed by atoms with van der Waals surface area (Å²) < 4.78 is 0. The topological polar surface area (TPSA) is 60.5 Å². The van der Waals surface area contributed by atoms with Crippen LogP contribution in [0.2, 0.25) is 15.1 Å². The lowest BCUT2D eigenvalue weighted by Gasteiger charge is -1.99. The first-order valence-electron chi connectivity index (χ1n) is 3.34. The molecular formula is C7H3Cl3N4. The molecule has 0 aromatic heterocycles. The molecule has 4 nitrogen and oxygen atoms in total. The Balaban J connectivity index is 2.96. The van der Waals surface area contributed by atoms with Crippen LogP contribution in [0.3, 0.4) is 0 Å². The molecular weight excluding hydrogens is 246 g/mol. The number of hydrogen-bond donors (Lipinski definition) is 1. The average Bonchev–Trinajstić information content (AvgIpc) is 2.14. The minimum atomic E-state index is 0.264. The van der Waals surface area contributed by atoms with E-state index in [0.717, 1.165) is 0 Å². The van der Waals surface area contributed by atoms with Crippen LogP contribution in [-0.2, 0) is 0 Å². The third-order valence-electron chi connectivity index (χ3n) is 1.23. The molecule has 1 aromatic rings. The number of nitriles is 1. The van der Waals surface area contributed by atoms with Gasteiger partial charge in [0.2, 0.25) is 0 Å². The Bertz CT molecular complexity index is 387. The van der Waals surface area contributed by atoms with Crippen LogP contribution in [0.25, 0.3) is 0 Å². The monoisotopic (exact) mass is 248 g/mol. The highest BCUT2D eigenvalue weighted by Crippen LogP contribution is 2.34. The van der Waals surface area contributed by atoms with Gasteiger partial charge in [-0.15, -0.1) is 5.11 Å². The third kappa shape index (κ3) is 2.74. The Morgan fingerprint density at radius 1 is 1.21 bits per heavy atom. The molecule has 0 saturated heterocycles. The summed E-state index contributed by atoms with van der Waals surface area (Å²) in [5, 5.41) is 15.9. The maximum atomic E-state index is 8.11. The summed E-state index contributed by atoms with van der Waals surface area (Å²) in [6, 6.07) is 2.97. The fraction of sp³-hybridized carbons (Fsp3) is 0. The second-order valence-electron chi connectivity index (χ2n) is 2.15. The summed E-state index contributed by atoms with van der Waals surface area (Å²) in [5.41, 5.74) is 2.40. The van der Waals surface area contributed by atoms with E-state index in [9.17, 15) is 0 Å². The summed E-state index contributed by atoms with van der Waals surface area (Å²) in [6.45, 7) is 0. The maximum Gasteiger partial charge on any atom is 0.200 e. The van der Waals surface area contributed by atoms with Crippen LogP contribution >= 0.6 is 34.8 Å². The zero-order valence-corrected chi connectivity index (χ0v) is 8.90. The number of rotatable bonds is 2. The van der Waals surface area contributed by atoms with Crippen molar-refractivity contribution < 1.29 is 0 Å². The highest BCUT2D eigenvalue weighted by molar-refractivity contribution is 6.48. The summed E-state index contributed by atoms with van der Waals surface area (Å²) in [4.78, 5) is 0. The molecule has 1 aromatic carbocycles. The first-order chi connectivity index (χ1) is 6.65. The second kappa shape index (κ2) is 5.01. The Morgan fingerprint density at radius 2 is 1.79 bits per heavy atom. The quantitative estimate of drug-likeness (QED) is 0.285. The van der Waals surface area contributed by atoms with Gasteiger partial charge >= 0.3 is 0 Å². The zero-order valence-electron chi connectivity index (χ0n) is 6.63. The fourth-order valence-corrected chi connectivity index (χ4v) is 1.29. The largest absolute Gasteiger partial charge is 0.200 e. The van der Waals surface area contributed by atoms with Gasteiger partial charge in [0.1, 0.15) is 0 Å². The molecule has 0 unspecified atom stereocenters. The van der Waals surface area contributed by atoms with Crippen molar-refractivity contribution in [2.24, 2.45) is 10.3 Å². The zero-order chi connectivity index (χ0) is 10.6. The Labute approximate surface area is 95.1 Å². The molecule has 0 heterocycles. The van der Waals surface area contributed by atoms with E-state index in [4.69, 9.17) is 40.1 Å². The molecule has 1 N–H and O–H groups in total. The Hall–Kier alpha value is -1.02. The van der Waals surface area contributed by atoms with Crippen LogP contribution in [0, 0.1) is 11.5 Å². The van der Waals surface area contributed by atoms with Crippen LogP contribution < -0.4 is 5.43 Å². The molecule has 72 valence electrons. The molecule has 1 rings (SSSR count). The van der Waals surface area contributed by atoms with E-state index in [2.05, 4.69) is 10.3 Å². The average molecular weight is 249 g/mol. The summed E-state index contributed by atoms with van der Waals surface area (Å²) >= 11 is 17.2. The van der Waals surface area contributed by atoms with E-state index < -0.39 is 0 Å². The first kappa shape index (κ1) is 11.1. The normalized spacial score (nSPS) is 10.1. The number of nitrogens with one attached hydrogen (secondary N) is 1. The van der Waals surface area contributed by atoms with Gasteiger partial charge in [-0.3, -0.25) is 0 Å². The summed E-state index contributed by atoms with van der Waals surface area (Å²) in [7, 11) is 0. The number of halogens is 3. The van der Waals surface area contributed by atoms with Crippen LogP contribution in [0.15, 0.2) is 22.5 Å². The van der Waals surface area contributed by atoms with Gasteiger partial charge in [-0.2, -0.15) is 10.7 Å². The highest BCUT2D eigenvalue weighted by atomic mass is 35.5. The standard InChI is InChI=1S/C7H3Cl3N4/c8-5-1-4(13-14-12-3-11)2-6(9)7(5)10/h1-2H,(H,12,13). The molecule has 0 radical (unpaired) electrons. The van der Waals surface area contributed by atoms with Gasteiger partial charge < -0.3 is 0 Å². The van der Waals surface area contributed by atoms with Gasteiger partial charge in [-0.1, -0.05) is 40.0 Å². The molecule has 0 spiro atoms. The van der Waals surface area contributed by atoms with Crippen LogP contribution in [0.4, 0.5) is 5.69 Å². The predicted molar refractivity (Wildman–Crippen MR) is 54.7 cm³/mol. The molecule has 0 aliphatic carbocycles. The molecule has 0 aliphatic heterocycles. The summed E-state index contributed by atoms with van der Waals surface area (Å²) in [5.74, 6) is 0. The number of hydrogen-bond acceptors (Lipinski definition) is 3. The molecule has 0 fully saturated rings. The summed E-state index contributed by atoms with van der Waals surface area (Å²) in [6.07, 6.45) is 1.58. The highest BCUT2D eigenvalue weighted by Gasteiger charge is 2.04. The maximum absolute atomic E-state index is 8.11. The van der Waals surface area contributed by atoms with Gasteiger partial charge in [0.15, 0.2) is 6.19 Å². The van der Waals surface area contributed by atoms with Gasteiger partial charge in [-0.25, -0.2) is 0 Å². The molecule has 7 heteroatoms. The van der Waals surface area contributed by atoms with E-state index in [1.807, 2.05) is 5.43 Å². The van der Waals surface area contributed by atoms with E-state index in [1.54, 1.807) is 6.19 Å². The molecule has 0 bridgehead atoms. The van der Waals surface area contributed by atoms with Crippen molar-refractivity contribution in [1.29, 1.82) is 5.26 Å². The van der Waals surface area contributed by atoms with Crippen molar-refractivity contribution in [2.75, 3.05) is 0 Å². The second-order valence-corrected chi connectivity index (χ2v) is 3.34. The lowest BCUT2D eigenvalue weighted by Crippen LogP contribution is -1.88. The Kier molecular flexibility index (Phi) is 3.96. The van der Waals surface area contributed by atoms with Crippen LogP contribution in [-0.4, -0.2) is 0 Å². The SMILES string of the molecule is N#CNN=Nc1cc(Cl)c(Cl)c(Cl)c1. The molecule has 0 aliphatic rings. The van der Waals surface area contributed by atoms with Crippen molar-refractivity contribution >= 4 is 40.5 Å². The van der Waals surface area contributed by atoms with Gasteiger partial charge in [0, 0.05) is 0 Å². The van der Waals surface area contributed by atoms with E-state index in [-0.39, 0.29) is 15.1 Å². The smallest absolute Gasteiger partial charge is 0.194 e. The van der Waals surface area contributed by atoms with Crippen molar-refractivity contribution in [3.8, 4) is 6.19 Å². The minimum absolute atomic E-state index is 0.264. The lowest BCUT2D eigenvalue weighted by atomic mass is 10.3. The molecule has 0 amide bonds. The molecule has 0 atom stereocenters. The van der Waals surface area contributed by atoms with Crippen molar-refractivity contribution in [3.63, 3.8) is 0 Å². The van der Waals surface area contributed by atoms with Gasteiger partial charge in [0.05, 0.1) is 20.8 Å². The van der Waals surface area contributed by atoms with E-state index >= 15 is 0 Å². The van der Waals surface area contributed by atoms with E-state index in [1.165, 1.54) is 12.1 Å². The lowest BCUT2D eigenvalue weighted by molar-refractivity contribution is 0.887. The third-order valence-corrected chi connectivity index (χ3v) is 2.43. The number of nitrogens with zero attached hydrogens (tertiary/aromatic N) is 3.